The number of para-hydroxylation sites is 2. The van der Waals surface area contributed by atoms with Crippen LogP contribution in [0.5, 0.6) is 0 Å². The molecule has 136 valence electrons. The first kappa shape index (κ1) is 16.6. The minimum absolute atomic E-state index is 0.122. The fourth-order valence-corrected chi connectivity index (χ4v) is 4.21. The normalized spacial score (nSPS) is 12.2. The molecule has 0 aliphatic rings. The first-order valence-electron chi connectivity index (χ1n) is 8.69. The number of thiazole rings is 1. The Hall–Kier alpha value is -3.58. The molecule has 5 aromatic rings. The first-order chi connectivity index (χ1) is 13.6. The van der Waals surface area contributed by atoms with Gasteiger partial charge in [-0.05, 0) is 18.2 Å². The standard InChI is InChI=1S/C21H14N4O2S/c1-13(26)24-12-15(19(23-24)14-7-3-2-4-8-14)11-18-20(27)25-17-10-6-5-9-16(17)22-21(25)28-18/h2-12H,1H3/b18-11-. The molecule has 0 atom stereocenters. The molecule has 0 radical (unpaired) electrons. The summed E-state index contributed by atoms with van der Waals surface area (Å²) in [4.78, 5) is 30.0. The Bertz CT molecular complexity index is 1460. The van der Waals surface area contributed by atoms with Crippen molar-refractivity contribution in [1.82, 2.24) is 19.2 Å². The van der Waals surface area contributed by atoms with Gasteiger partial charge in [-0.3, -0.25) is 9.59 Å². The van der Waals surface area contributed by atoms with E-state index in [0.29, 0.717) is 20.8 Å². The number of imidazole rings is 1. The van der Waals surface area contributed by atoms with Gasteiger partial charge in [0.2, 0.25) is 5.91 Å². The number of rotatable bonds is 2. The summed E-state index contributed by atoms with van der Waals surface area (Å²) in [5, 5.41) is 4.41. The van der Waals surface area contributed by atoms with Crippen LogP contribution in [-0.2, 0) is 0 Å². The molecule has 3 aromatic heterocycles. The molecule has 2 aromatic carbocycles. The number of hydrogen-bond donors (Lipinski definition) is 0. The number of benzene rings is 2. The Morgan fingerprint density at radius 1 is 1.07 bits per heavy atom. The van der Waals surface area contributed by atoms with E-state index in [1.165, 1.54) is 22.9 Å². The molecule has 0 aliphatic heterocycles. The van der Waals surface area contributed by atoms with Crippen molar-refractivity contribution < 1.29 is 4.79 Å². The topological polar surface area (TPSA) is 69.3 Å². The van der Waals surface area contributed by atoms with Crippen molar-refractivity contribution in [3.05, 3.63) is 81.2 Å². The van der Waals surface area contributed by atoms with Gasteiger partial charge in [-0.15, -0.1) is 0 Å². The number of carbonyl (C=O) groups excluding carboxylic acids is 1. The van der Waals surface area contributed by atoms with Crippen LogP contribution in [-0.4, -0.2) is 25.1 Å². The second-order valence-electron chi connectivity index (χ2n) is 6.40. The maximum atomic E-state index is 13.0. The van der Waals surface area contributed by atoms with Gasteiger partial charge in [0.25, 0.3) is 5.56 Å². The fraction of sp³-hybridized carbons (Fsp3) is 0.0476. The van der Waals surface area contributed by atoms with E-state index in [-0.39, 0.29) is 11.5 Å². The van der Waals surface area contributed by atoms with Crippen LogP contribution in [0.4, 0.5) is 0 Å². The summed E-state index contributed by atoms with van der Waals surface area (Å²) in [6.45, 7) is 1.45. The monoisotopic (exact) mass is 386 g/mol. The van der Waals surface area contributed by atoms with Gasteiger partial charge in [-0.2, -0.15) is 5.10 Å². The van der Waals surface area contributed by atoms with Gasteiger partial charge in [0.05, 0.1) is 15.6 Å². The number of carbonyl (C=O) groups is 1. The van der Waals surface area contributed by atoms with Crippen molar-refractivity contribution in [2.24, 2.45) is 0 Å². The van der Waals surface area contributed by atoms with Gasteiger partial charge in [0.15, 0.2) is 4.96 Å². The minimum Gasteiger partial charge on any atom is -0.273 e. The summed E-state index contributed by atoms with van der Waals surface area (Å²) in [5.41, 5.74) is 3.72. The highest BCUT2D eigenvalue weighted by Crippen LogP contribution is 2.23. The molecule has 0 bridgehead atoms. The lowest BCUT2D eigenvalue weighted by molar-refractivity contribution is 0.0921. The molecule has 0 amide bonds. The van der Waals surface area contributed by atoms with E-state index in [1.54, 1.807) is 16.7 Å². The Morgan fingerprint density at radius 2 is 1.82 bits per heavy atom. The molecule has 0 saturated heterocycles. The number of nitrogens with zero attached hydrogens (tertiary/aromatic N) is 4. The number of hydrogen-bond acceptors (Lipinski definition) is 5. The van der Waals surface area contributed by atoms with Crippen molar-refractivity contribution in [3.8, 4) is 11.3 Å². The third-order valence-electron chi connectivity index (χ3n) is 4.54. The van der Waals surface area contributed by atoms with Crippen LogP contribution < -0.4 is 10.1 Å². The van der Waals surface area contributed by atoms with Crippen molar-refractivity contribution in [2.75, 3.05) is 0 Å². The molecular weight excluding hydrogens is 372 g/mol. The molecule has 5 rings (SSSR count). The van der Waals surface area contributed by atoms with Gasteiger partial charge in [0, 0.05) is 24.2 Å². The highest BCUT2D eigenvalue weighted by Gasteiger charge is 2.14. The SMILES string of the molecule is CC(=O)n1cc(/C=c2\sc3nc4ccccc4n3c2=O)c(-c2ccccc2)n1. The molecule has 6 nitrogen and oxygen atoms in total. The maximum absolute atomic E-state index is 13.0. The molecule has 0 N–H and O–H groups in total. The van der Waals surface area contributed by atoms with Crippen LogP contribution in [0, 0.1) is 0 Å². The molecule has 0 fully saturated rings. The quantitative estimate of drug-likeness (QED) is 0.468. The van der Waals surface area contributed by atoms with Crippen molar-refractivity contribution in [1.29, 1.82) is 0 Å². The van der Waals surface area contributed by atoms with E-state index >= 15 is 0 Å². The van der Waals surface area contributed by atoms with E-state index in [1.807, 2.05) is 54.6 Å². The minimum atomic E-state index is -0.189. The fourth-order valence-electron chi connectivity index (χ4n) is 3.23. The highest BCUT2D eigenvalue weighted by atomic mass is 32.1. The van der Waals surface area contributed by atoms with Gasteiger partial charge in [0.1, 0.15) is 5.69 Å². The van der Waals surface area contributed by atoms with Gasteiger partial charge in [-0.25, -0.2) is 14.1 Å². The molecule has 0 unspecified atom stereocenters. The smallest absolute Gasteiger partial charge is 0.273 e. The molecule has 0 aliphatic carbocycles. The molecular formula is C21H14N4O2S. The Kier molecular flexibility index (Phi) is 3.70. The van der Waals surface area contributed by atoms with Crippen LogP contribution in [0.15, 0.2) is 65.6 Å². The predicted molar refractivity (Wildman–Crippen MR) is 110 cm³/mol. The van der Waals surface area contributed by atoms with Crippen LogP contribution in [0.2, 0.25) is 0 Å². The van der Waals surface area contributed by atoms with E-state index in [4.69, 9.17) is 0 Å². The summed E-state index contributed by atoms with van der Waals surface area (Å²) in [6.07, 6.45) is 3.44. The summed E-state index contributed by atoms with van der Waals surface area (Å²) in [5.74, 6) is -0.189. The van der Waals surface area contributed by atoms with Crippen LogP contribution >= 0.6 is 11.3 Å². The van der Waals surface area contributed by atoms with Gasteiger partial charge < -0.3 is 0 Å². The highest BCUT2D eigenvalue weighted by molar-refractivity contribution is 7.15. The molecule has 28 heavy (non-hydrogen) atoms. The molecule has 3 heterocycles. The van der Waals surface area contributed by atoms with Crippen LogP contribution in [0.1, 0.15) is 17.3 Å². The third kappa shape index (κ3) is 2.56. The Labute approximate surface area is 163 Å². The van der Waals surface area contributed by atoms with Crippen molar-refractivity contribution in [3.63, 3.8) is 0 Å². The third-order valence-corrected chi connectivity index (χ3v) is 5.51. The second kappa shape index (κ2) is 6.24. The first-order valence-corrected chi connectivity index (χ1v) is 9.51. The summed E-state index contributed by atoms with van der Waals surface area (Å²) < 4.78 is 3.48. The zero-order valence-electron chi connectivity index (χ0n) is 14.9. The van der Waals surface area contributed by atoms with E-state index in [0.717, 1.165) is 16.6 Å². The van der Waals surface area contributed by atoms with E-state index < -0.39 is 0 Å². The lowest BCUT2D eigenvalue weighted by Gasteiger charge is -1.97. The van der Waals surface area contributed by atoms with Crippen LogP contribution in [0.25, 0.3) is 33.3 Å². The van der Waals surface area contributed by atoms with Crippen molar-refractivity contribution in [2.45, 2.75) is 6.92 Å². The summed E-state index contributed by atoms with van der Waals surface area (Å²) in [7, 11) is 0. The number of aromatic nitrogens is 4. The zero-order chi connectivity index (χ0) is 19.3. The lowest BCUT2D eigenvalue weighted by Crippen LogP contribution is -2.22. The van der Waals surface area contributed by atoms with E-state index in [2.05, 4.69) is 10.1 Å². The second-order valence-corrected chi connectivity index (χ2v) is 7.41. The van der Waals surface area contributed by atoms with Gasteiger partial charge >= 0.3 is 0 Å². The summed E-state index contributed by atoms with van der Waals surface area (Å²) in [6, 6.07) is 17.2. The average molecular weight is 386 g/mol. The average Bonchev–Trinajstić information content (AvgIpc) is 3.36. The lowest BCUT2D eigenvalue weighted by atomic mass is 10.1. The molecule has 0 saturated carbocycles. The zero-order valence-corrected chi connectivity index (χ0v) is 15.7. The Balaban J connectivity index is 1.76. The predicted octanol–water partition coefficient (Wildman–Crippen LogP) is 2.98. The van der Waals surface area contributed by atoms with Gasteiger partial charge in [-0.1, -0.05) is 53.8 Å². The van der Waals surface area contributed by atoms with E-state index in [9.17, 15) is 9.59 Å². The summed E-state index contributed by atoms with van der Waals surface area (Å²) >= 11 is 1.33. The Morgan fingerprint density at radius 3 is 2.61 bits per heavy atom. The van der Waals surface area contributed by atoms with Crippen molar-refractivity contribution >= 4 is 39.3 Å². The maximum Gasteiger partial charge on any atom is 0.274 e. The molecule has 7 heteroatoms. The molecule has 0 spiro atoms. The largest absolute Gasteiger partial charge is 0.274 e. The number of fused-ring (bicyclic) bond motifs is 3. The van der Waals surface area contributed by atoms with Crippen LogP contribution in [0.3, 0.4) is 0 Å².